The molecule has 2 aliphatic heterocycles. The van der Waals surface area contributed by atoms with Gasteiger partial charge in [-0.25, -0.2) is 9.97 Å². The largest absolute Gasteiger partial charge is 0.378 e. The first-order chi connectivity index (χ1) is 19.8. The number of anilines is 2. The van der Waals surface area contributed by atoms with Crippen molar-refractivity contribution in [2.45, 2.75) is 64.6 Å². The van der Waals surface area contributed by atoms with Crippen molar-refractivity contribution in [3.05, 3.63) is 65.2 Å². The Morgan fingerprint density at radius 3 is 2.78 bits per heavy atom. The molecule has 214 valence electrons. The van der Waals surface area contributed by atoms with E-state index < -0.39 is 0 Å². The molecule has 0 saturated carbocycles. The molecule has 2 aliphatic rings. The second-order valence-corrected chi connectivity index (χ2v) is 11.6. The van der Waals surface area contributed by atoms with E-state index in [1.54, 1.807) is 6.20 Å². The van der Waals surface area contributed by atoms with Gasteiger partial charge in [0.2, 0.25) is 11.8 Å². The lowest BCUT2D eigenvalue weighted by Gasteiger charge is -2.36. The summed E-state index contributed by atoms with van der Waals surface area (Å²) in [5.74, 6) is 0.636. The highest BCUT2D eigenvalue weighted by molar-refractivity contribution is 5.90. The van der Waals surface area contributed by atoms with Crippen molar-refractivity contribution in [1.82, 2.24) is 40.5 Å². The number of carbonyl (C=O) groups is 1. The molecule has 6 rings (SSSR count). The maximum absolute atomic E-state index is 13.2. The molecule has 1 fully saturated rings. The van der Waals surface area contributed by atoms with Crippen molar-refractivity contribution < 1.29 is 14.1 Å². The first-order valence-corrected chi connectivity index (χ1v) is 14.0. The molecule has 0 aliphatic carbocycles. The van der Waals surface area contributed by atoms with Crippen LogP contribution < -0.4 is 10.6 Å². The number of benzene rings is 1. The molecule has 12 heteroatoms. The van der Waals surface area contributed by atoms with E-state index in [0.717, 1.165) is 72.9 Å². The molecule has 0 spiro atoms. The fourth-order valence-corrected chi connectivity index (χ4v) is 5.13. The lowest BCUT2D eigenvalue weighted by Crippen LogP contribution is -2.48. The van der Waals surface area contributed by atoms with Crippen molar-refractivity contribution in [1.29, 1.82) is 0 Å². The maximum atomic E-state index is 13.2. The summed E-state index contributed by atoms with van der Waals surface area (Å²) in [5, 5.41) is 17.5. The van der Waals surface area contributed by atoms with Gasteiger partial charge in [-0.2, -0.15) is 10.1 Å². The van der Waals surface area contributed by atoms with Gasteiger partial charge in [0.25, 0.3) is 11.7 Å². The predicted molar refractivity (Wildman–Crippen MR) is 152 cm³/mol. The highest BCUT2D eigenvalue weighted by Crippen LogP contribution is 2.33. The van der Waals surface area contributed by atoms with E-state index in [1.807, 2.05) is 46.0 Å². The minimum Gasteiger partial charge on any atom is -0.378 e. The molecule has 0 radical (unpaired) electrons. The monoisotopic (exact) mass is 557 g/mol. The van der Waals surface area contributed by atoms with Crippen LogP contribution in [0, 0.1) is 0 Å². The van der Waals surface area contributed by atoms with Gasteiger partial charge in [0, 0.05) is 36.5 Å². The lowest BCUT2D eigenvalue weighted by molar-refractivity contribution is -0.0678. The molecule has 5 heterocycles. The smallest absolute Gasteiger partial charge is 0.293 e. The first kappa shape index (κ1) is 27.0. The van der Waals surface area contributed by atoms with Crippen LogP contribution in [-0.4, -0.2) is 66.9 Å². The SMILES string of the molecule is CCc1n[nH]cc1Nc1nccc(-c2ccc3c(c2)CN(C2COC2)CCC3NC(=O)c2noc(C(C)(C)C)n2)n1. The standard InChI is InChI=1S/C29H35N9O3/c1-5-21-24(13-31-36-21)34-28-30-10-8-22(33-28)17-6-7-20-18(12-17)14-38(19-15-40-16-19)11-9-23(20)32-26(39)25-35-27(41-37-25)29(2,3)4/h6-8,10,12-13,19,23H,5,9,11,14-16H2,1-4H3,(H,31,36)(H,32,39)(H,30,33,34). The number of nitrogens with one attached hydrogen (secondary N) is 3. The summed E-state index contributed by atoms with van der Waals surface area (Å²) in [6.07, 6.45) is 5.11. The Kier molecular flexibility index (Phi) is 7.26. The number of aromatic amines is 1. The summed E-state index contributed by atoms with van der Waals surface area (Å²) in [6.45, 7) is 11.0. The van der Waals surface area contributed by atoms with Crippen LogP contribution in [0.25, 0.3) is 11.3 Å². The number of amides is 1. The average Bonchev–Trinajstić information content (AvgIpc) is 3.57. The van der Waals surface area contributed by atoms with Gasteiger partial charge in [-0.05, 0) is 36.1 Å². The summed E-state index contributed by atoms with van der Waals surface area (Å²) < 4.78 is 10.9. The zero-order valence-corrected chi connectivity index (χ0v) is 23.8. The topological polar surface area (TPSA) is 147 Å². The summed E-state index contributed by atoms with van der Waals surface area (Å²) in [7, 11) is 0. The average molecular weight is 558 g/mol. The minimum atomic E-state index is -0.345. The molecular weight excluding hydrogens is 522 g/mol. The number of hydrogen-bond donors (Lipinski definition) is 3. The fourth-order valence-electron chi connectivity index (χ4n) is 5.13. The zero-order valence-electron chi connectivity index (χ0n) is 23.8. The molecule has 3 aromatic heterocycles. The second-order valence-electron chi connectivity index (χ2n) is 11.6. The molecule has 1 saturated heterocycles. The van der Waals surface area contributed by atoms with Gasteiger partial charge < -0.3 is 19.9 Å². The number of hydrogen-bond acceptors (Lipinski definition) is 10. The fraction of sp³-hybridized carbons (Fsp3) is 0.448. The Balaban J connectivity index is 1.28. The Morgan fingerprint density at radius 1 is 1.20 bits per heavy atom. The van der Waals surface area contributed by atoms with Crippen molar-refractivity contribution in [2.75, 3.05) is 25.1 Å². The maximum Gasteiger partial charge on any atom is 0.293 e. The summed E-state index contributed by atoms with van der Waals surface area (Å²) in [5.41, 5.74) is 5.43. The third kappa shape index (κ3) is 5.70. The van der Waals surface area contributed by atoms with Gasteiger partial charge in [0.1, 0.15) is 0 Å². The molecule has 1 amide bonds. The third-order valence-electron chi connectivity index (χ3n) is 7.56. The molecule has 12 nitrogen and oxygen atoms in total. The molecule has 41 heavy (non-hydrogen) atoms. The van der Waals surface area contributed by atoms with Crippen LogP contribution in [0.1, 0.15) is 73.5 Å². The Hall–Kier alpha value is -4.16. The minimum absolute atomic E-state index is 0.0476. The molecule has 1 atom stereocenters. The van der Waals surface area contributed by atoms with Crippen molar-refractivity contribution in [3.8, 4) is 11.3 Å². The van der Waals surface area contributed by atoms with E-state index in [0.29, 0.717) is 17.9 Å². The van der Waals surface area contributed by atoms with Gasteiger partial charge in [0.15, 0.2) is 0 Å². The molecule has 3 N–H and O–H groups in total. The first-order valence-electron chi connectivity index (χ1n) is 14.0. The number of H-pyrrole nitrogens is 1. The number of ether oxygens (including phenoxy) is 1. The van der Waals surface area contributed by atoms with Crippen LogP contribution in [0.15, 0.2) is 41.2 Å². The molecule has 0 bridgehead atoms. The predicted octanol–water partition coefficient (Wildman–Crippen LogP) is 3.93. The van der Waals surface area contributed by atoms with E-state index >= 15 is 0 Å². The van der Waals surface area contributed by atoms with Gasteiger partial charge in [0.05, 0.1) is 42.4 Å². The quantitative estimate of drug-likeness (QED) is 0.305. The number of aromatic nitrogens is 6. The van der Waals surface area contributed by atoms with E-state index in [-0.39, 0.29) is 23.2 Å². The van der Waals surface area contributed by atoms with E-state index in [2.05, 4.69) is 53.0 Å². The van der Waals surface area contributed by atoms with Crippen LogP contribution in [0.4, 0.5) is 11.6 Å². The Labute approximate surface area is 238 Å². The van der Waals surface area contributed by atoms with Crippen molar-refractivity contribution in [2.24, 2.45) is 0 Å². The van der Waals surface area contributed by atoms with Crippen LogP contribution in [0.2, 0.25) is 0 Å². The molecule has 1 aromatic carbocycles. The number of rotatable bonds is 7. The number of aryl methyl sites for hydroxylation is 1. The van der Waals surface area contributed by atoms with Gasteiger partial charge in [-0.3, -0.25) is 14.8 Å². The Morgan fingerprint density at radius 2 is 2.05 bits per heavy atom. The van der Waals surface area contributed by atoms with Crippen molar-refractivity contribution >= 4 is 17.5 Å². The lowest BCUT2D eigenvalue weighted by atomic mass is 9.96. The summed E-state index contributed by atoms with van der Waals surface area (Å²) in [4.78, 5) is 29.2. The van der Waals surface area contributed by atoms with E-state index in [4.69, 9.17) is 14.2 Å². The molecular formula is C29H35N9O3. The highest BCUT2D eigenvalue weighted by atomic mass is 16.5. The normalized spacial score (nSPS) is 17.9. The molecule has 1 unspecified atom stereocenters. The number of fused-ring (bicyclic) bond motifs is 1. The van der Waals surface area contributed by atoms with E-state index in [1.165, 1.54) is 0 Å². The second kappa shape index (κ2) is 11.0. The van der Waals surface area contributed by atoms with Crippen LogP contribution in [0.3, 0.4) is 0 Å². The van der Waals surface area contributed by atoms with Crippen LogP contribution in [0.5, 0.6) is 0 Å². The van der Waals surface area contributed by atoms with Crippen molar-refractivity contribution in [3.63, 3.8) is 0 Å². The van der Waals surface area contributed by atoms with Gasteiger partial charge >= 0.3 is 0 Å². The summed E-state index contributed by atoms with van der Waals surface area (Å²) in [6, 6.07) is 8.37. The third-order valence-corrected chi connectivity index (χ3v) is 7.56. The number of nitrogens with zero attached hydrogens (tertiary/aromatic N) is 6. The molecule has 4 aromatic rings. The van der Waals surface area contributed by atoms with Gasteiger partial charge in [-0.15, -0.1) is 0 Å². The van der Waals surface area contributed by atoms with Crippen LogP contribution in [-0.2, 0) is 23.1 Å². The number of carbonyl (C=O) groups excluding carboxylic acids is 1. The van der Waals surface area contributed by atoms with Gasteiger partial charge in [-0.1, -0.05) is 45.0 Å². The zero-order chi connectivity index (χ0) is 28.6. The van der Waals surface area contributed by atoms with Crippen LogP contribution >= 0.6 is 0 Å². The Bertz CT molecular complexity index is 1540. The highest BCUT2D eigenvalue weighted by Gasteiger charge is 2.32. The summed E-state index contributed by atoms with van der Waals surface area (Å²) >= 11 is 0. The van der Waals surface area contributed by atoms with E-state index in [9.17, 15) is 4.79 Å².